The van der Waals surface area contributed by atoms with Gasteiger partial charge in [0.1, 0.15) is 0 Å². The highest BCUT2D eigenvalue weighted by Crippen LogP contribution is 2.37. The van der Waals surface area contributed by atoms with Crippen molar-refractivity contribution >= 4 is 6.72 Å². The van der Waals surface area contributed by atoms with Gasteiger partial charge in [-0.3, -0.25) is 4.99 Å². The lowest BCUT2D eigenvalue weighted by molar-refractivity contribution is 0.336. The molecule has 0 bridgehead atoms. The van der Waals surface area contributed by atoms with Crippen molar-refractivity contribution in [1.82, 2.24) is 0 Å². The largest absolute Gasteiger partial charge is 0.273 e. The third-order valence-electron chi connectivity index (χ3n) is 4.82. The van der Waals surface area contributed by atoms with Crippen molar-refractivity contribution in [3.63, 3.8) is 0 Å². The first-order chi connectivity index (χ1) is 16.9. The van der Waals surface area contributed by atoms with E-state index in [1.807, 2.05) is 45.1 Å². The molecule has 0 aliphatic heterocycles. The molecule has 1 aromatic carbocycles. The molecular formula is C34H61N. The Bertz CT molecular complexity index is 584. The Kier molecular flexibility index (Phi) is 47.4. The van der Waals surface area contributed by atoms with Crippen LogP contribution in [0.3, 0.4) is 0 Å². The first-order valence-corrected chi connectivity index (χ1v) is 13.5. The van der Waals surface area contributed by atoms with Crippen LogP contribution in [0, 0.1) is 5.41 Å². The minimum Gasteiger partial charge on any atom is -0.273 e. The predicted octanol–water partition coefficient (Wildman–Crippen LogP) is 12.0. The van der Waals surface area contributed by atoms with Gasteiger partial charge in [0.05, 0.1) is 0 Å². The lowest BCUT2D eigenvalue weighted by Gasteiger charge is -2.30. The molecular weight excluding hydrogens is 422 g/mol. The van der Waals surface area contributed by atoms with Crippen molar-refractivity contribution in [2.75, 3.05) is 0 Å². The zero-order chi connectivity index (χ0) is 28.4. The SMILES string of the molecule is C=C.C=C/C=C(\C=C)C(C)(CCC)CCC.C=N/C=C\C.CC.CCCC.CCc1ccccc1. The van der Waals surface area contributed by atoms with Crippen molar-refractivity contribution in [3.05, 3.63) is 98.3 Å². The second kappa shape index (κ2) is 38.8. The number of unbranched alkanes of at least 4 members (excludes halogenated alkanes) is 1. The molecule has 1 aromatic rings. The number of allylic oxidation sites excluding steroid dienone is 5. The quantitative estimate of drug-likeness (QED) is 0.178. The lowest BCUT2D eigenvalue weighted by Crippen LogP contribution is -2.17. The predicted molar refractivity (Wildman–Crippen MR) is 170 cm³/mol. The molecule has 1 heteroatoms. The number of hydrogen-bond donors (Lipinski definition) is 0. The summed E-state index contributed by atoms with van der Waals surface area (Å²) in [6.45, 7) is 36.1. The van der Waals surface area contributed by atoms with E-state index in [1.54, 1.807) is 6.20 Å². The normalized spacial score (nSPS) is 9.57. The molecule has 202 valence electrons. The zero-order valence-corrected chi connectivity index (χ0v) is 25.2. The van der Waals surface area contributed by atoms with Crippen molar-refractivity contribution < 1.29 is 0 Å². The smallest absolute Gasteiger partial charge is 0.0217 e. The van der Waals surface area contributed by atoms with E-state index in [0.29, 0.717) is 5.41 Å². The molecule has 0 amide bonds. The Balaban J connectivity index is -0.000000121. The van der Waals surface area contributed by atoms with E-state index >= 15 is 0 Å². The molecule has 0 atom stereocenters. The van der Waals surface area contributed by atoms with Crippen molar-refractivity contribution in [3.8, 4) is 0 Å². The first-order valence-electron chi connectivity index (χ1n) is 13.5. The lowest BCUT2D eigenvalue weighted by atomic mass is 9.74. The topological polar surface area (TPSA) is 12.4 Å². The highest BCUT2D eigenvalue weighted by Gasteiger charge is 2.24. The van der Waals surface area contributed by atoms with Crippen LogP contribution in [0.5, 0.6) is 0 Å². The average Bonchev–Trinajstić information content (AvgIpc) is 2.91. The summed E-state index contributed by atoms with van der Waals surface area (Å²) in [7, 11) is 0. The summed E-state index contributed by atoms with van der Waals surface area (Å²) in [5, 5.41) is 0. The molecule has 0 N–H and O–H groups in total. The second-order valence-electron chi connectivity index (χ2n) is 7.63. The zero-order valence-electron chi connectivity index (χ0n) is 25.2. The molecule has 0 aliphatic carbocycles. The van der Waals surface area contributed by atoms with E-state index in [9.17, 15) is 0 Å². The maximum absolute atomic E-state index is 3.89. The summed E-state index contributed by atoms with van der Waals surface area (Å²) < 4.78 is 0. The van der Waals surface area contributed by atoms with Crippen LogP contribution in [-0.4, -0.2) is 6.72 Å². The molecule has 1 rings (SSSR count). The van der Waals surface area contributed by atoms with Gasteiger partial charge in [-0.2, -0.15) is 0 Å². The molecule has 0 spiro atoms. The van der Waals surface area contributed by atoms with Gasteiger partial charge < -0.3 is 0 Å². The van der Waals surface area contributed by atoms with Gasteiger partial charge in [-0.05, 0) is 49.5 Å². The number of rotatable bonds is 10. The summed E-state index contributed by atoms with van der Waals surface area (Å²) in [6.07, 6.45) is 18.1. The van der Waals surface area contributed by atoms with Gasteiger partial charge in [-0.15, -0.1) is 13.2 Å². The van der Waals surface area contributed by atoms with Gasteiger partial charge in [0.15, 0.2) is 0 Å². The molecule has 0 radical (unpaired) electrons. The standard InChI is InChI=1S/C14H24.C8H10.C4H7N.C4H10.C2H6.C2H4/c1-6-10-13(9-4)14(5,11-7-2)12-8-3;1-2-8-6-4-3-5-7-8;1-3-4-5-2;1-3-4-2;2*1-2/h6,9-10H,1,4,7-8,11-12H2,2-3,5H3;3-7H,2H2,1H3;3-4H,2H2,1H3;3-4H2,1-2H3;1-2H3;1-2H2/b13-10+;;4-3-;;;. The van der Waals surface area contributed by atoms with E-state index in [1.165, 1.54) is 49.7 Å². The Labute approximate surface area is 222 Å². The van der Waals surface area contributed by atoms with Crippen LogP contribution >= 0.6 is 0 Å². The van der Waals surface area contributed by atoms with Crippen LogP contribution in [-0.2, 0) is 6.42 Å². The van der Waals surface area contributed by atoms with Gasteiger partial charge >= 0.3 is 0 Å². The minimum atomic E-state index is 0.291. The van der Waals surface area contributed by atoms with Crippen molar-refractivity contribution in [1.29, 1.82) is 0 Å². The maximum atomic E-state index is 3.89. The molecule has 0 saturated heterocycles. The summed E-state index contributed by atoms with van der Waals surface area (Å²) in [5.41, 5.74) is 3.03. The van der Waals surface area contributed by atoms with Gasteiger partial charge in [-0.1, -0.05) is 149 Å². The number of aryl methyl sites for hydroxylation is 1. The van der Waals surface area contributed by atoms with Gasteiger partial charge in [0.2, 0.25) is 0 Å². The number of nitrogens with zero attached hydrogens (tertiary/aromatic N) is 1. The molecule has 35 heavy (non-hydrogen) atoms. The molecule has 0 aliphatic rings. The average molecular weight is 484 g/mol. The third-order valence-corrected chi connectivity index (χ3v) is 4.82. The maximum Gasteiger partial charge on any atom is 0.0217 e. The summed E-state index contributed by atoms with van der Waals surface area (Å²) in [5.74, 6) is 0. The van der Waals surface area contributed by atoms with Crippen LogP contribution in [0.25, 0.3) is 0 Å². The second-order valence-corrected chi connectivity index (χ2v) is 7.63. The number of benzene rings is 1. The number of hydrogen-bond acceptors (Lipinski definition) is 1. The Morgan fingerprint density at radius 2 is 1.31 bits per heavy atom. The van der Waals surface area contributed by atoms with E-state index in [-0.39, 0.29) is 0 Å². The van der Waals surface area contributed by atoms with E-state index in [2.05, 4.69) is 110 Å². The summed E-state index contributed by atoms with van der Waals surface area (Å²) in [6, 6.07) is 10.5. The van der Waals surface area contributed by atoms with Gasteiger partial charge in [-0.25, -0.2) is 0 Å². The van der Waals surface area contributed by atoms with Crippen LogP contribution < -0.4 is 0 Å². The Hall–Kier alpha value is -2.41. The van der Waals surface area contributed by atoms with Crippen LogP contribution in [0.2, 0.25) is 0 Å². The fourth-order valence-electron chi connectivity index (χ4n) is 2.98. The van der Waals surface area contributed by atoms with Crippen LogP contribution in [0.15, 0.2) is 97.7 Å². The Morgan fingerprint density at radius 1 is 0.857 bits per heavy atom. The molecule has 0 aromatic heterocycles. The van der Waals surface area contributed by atoms with Crippen molar-refractivity contribution in [2.24, 2.45) is 10.4 Å². The first kappa shape index (κ1) is 42.7. The van der Waals surface area contributed by atoms with Crippen molar-refractivity contribution in [2.45, 2.75) is 107 Å². The fourth-order valence-corrected chi connectivity index (χ4v) is 2.98. The monoisotopic (exact) mass is 483 g/mol. The van der Waals surface area contributed by atoms with Crippen LogP contribution in [0.4, 0.5) is 0 Å². The van der Waals surface area contributed by atoms with E-state index in [4.69, 9.17) is 0 Å². The molecule has 0 unspecified atom stereocenters. The van der Waals surface area contributed by atoms with E-state index < -0.39 is 0 Å². The third kappa shape index (κ3) is 31.6. The Morgan fingerprint density at radius 3 is 1.51 bits per heavy atom. The number of aliphatic imine (C=N–C) groups is 1. The highest BCUT2D eigenvalue weighted by atomic mass is 14.6. The molecule has 1 nitrogen and oxygen atoms in total. The van der Waals surface area contributed by atoms with Crippen LogP contribution in [0.1, 0.15) is 106 Å². The van der Waals surface area contributed by atoms with E-state index in [0.717, 1.165) is 6.42 Å². The highest BCUT2D eigenvalue weighted by molar-refractivity contribution is 5.28. The molecule has 0 fully saturated rings. The summed E-state index contributed by atoms with van der Waals surface area (Å²) >= 11 is 0. The summed E-state index contributed by atoms with van der Waals surface area (Å²) in [4.78, 5) is 3.42. The molecule has 0 saturated carbocycles. The fraction of sp³-hybridized carbons (Fsp3) is 0.500. The van der Waals surface area contributed by atoms with Gasteiger partial charge in [0.25, 0.3) is 0 Å². The minimum absolute atomic E-state index is 0.291. The molecule has 0 heterocycles. The van der Waals surface area contributed by atoms with Gasteiger partial charge in [0, 0.05) is 6.20 Å².